The Balaban J connectivity index is 3.01. The van der Waals surface area contributed by atoms with Crippen LogP contribution in [0.4, 0.5) is 0 Å². The predicted molar refractivity (Wildman–Crippen MR) is 92.0 cm³/mol. The van der Waals surface area contributed by atoms with Crippen LogP contribution in [0.15, 0.2) is 18.2 Å². The highest BCUT2D eigenvalue weighted by Crippen LogP contribution is 2.32. The van der Waals surface area contributed by atoms with E-state index in [0.717, 1.165) is 25.2 Å². The molecule has 0 aromatic heterocycles. The normalized spacial score (nSPS) is 13.5. The van der Waals surface area contributed by atoms with Crippen molar-refractivity contribution in [2.24, 2.45) is 5.92 Å². The maximum absolute atomic E-state index is 5.88. The molecule has 0 saturated carbocycles. The van der Waals surface area contributed by atoms with Gasteiger partial charge in [0.25, 0.3) is 0 Å². The Hall–Kier alpha value is -1.42. The second-order valence-electron chi connectivity index (χ2n) is 6.05. The number of benzene rings is 1. The van der Waals surface area contributed by atoms with E-state index in [2.05, 4.69) is 71.6 Å². The van der Waals surface area contributed by atoms with E-state index >= 15 is 0 Å². The summed E-state index contributed by atoms with van der Waals surface area (Å²) in [4.78, 5) is 0. The number of hydrogen-bond acceptors (Lipinski definition) is 1. The highest BCUT2D eigenvalue weighted by atomic mass is 16.5. The van der Waals surface area contributed by atoms with Gasteiger partial charge in [-0.3, -0.25) is 0 Å². The van der Waals surface area contributed by atoms with Gasteiger partial charge in [0.05, 0.1) is 6.61 Å². The van der Waals surface area contributed by atoms with Gasteiger partial charge in [-0.25, -0.2) is 0 Å². The highest BCUT2D eigenvalue weighted by molar-refractivity contribution is 5.41. The molecule has 0 bridgehead atoms. The van der Waals surface area contributed by atoms with Gasteiger partial charge in [-0.05, 0) is 35.4 Å². The van der Waals surface area contributed by atoms with Gasteiger partial charge in [0.2, 0.25) is 0 Å². The smallest absolute Gasteiger partial charge is 0.122 e. The number of rotatable bonds is 6. The van der Waals surface area contributed by atoms with Crippen LogP contribution in [0, 0.1) is 17.8 Å². The lowest BCUT2D eigenvalue weighted by Gasteiger charge is -2.20. The van der Waals surface area contributed by atoms with Crippen LogP contribution in [0.2, 0.25) is 0 Å². The van der Waals surface area contributed by atoms with Gasteiger partial charge in [0.15, 0.2) is 0 Å². The highest BCUT2D eigenvalue weighted by Gasteiger charge is 2.16. The minimum absolute atomic E-state index is 0.382. The molecule has 1 heteroatoms. The van der Waals surface area contributed by atoms with E-state index in [1.807, 2.05) is 0 Å². The van der Waals surface area contributed by atoms with Crippen molar-refractivity contribution in [1.29, 1.82) is 0 Å². The maximum atomic E-state index is 5.88. The minimum Gasteiger partial charge on any atom is -0.493 e. The van der Waals surface area contributed by atoms with Crippen LogP contribution in [0.3, 0.4) is 0 Å². The van der Waals surface area contributed by atoms with Crippen LogP contribution < -0.4 is 4.74 Å². The van der Waals surface area contributed by atoms with Crippen molar-refractivity contribution in [3.8, 4) is 17.6 Å². The number of ether oxygens (including phenoxy) is 1. The summed E-state index contributed by atoms with van der Waals surface area (Å²) in [6.45, 7) is 13.9. The Morgan fingerprint density at radius 3 is 2.38 bits per heavy atom. The second kappa shape index (κ2) is 8.78. The Bertz CT molecular complexity index is 490. The van der Waals surface area contributed by atoms with Crippen molar-refractivity contribution in [3.05, 3.63) is 29.3 Å². The summed E-state index contributed by atoms with van der Waals surface area (Å²) in [5.74, 6) is 8.89. The molecule has 116 valence electrons. The van der Waals surface area contributed by atoms with E-state index in [4.69, 9.17) is 4.74 Å². The van der Waals surface area contributed by atoms with Crippen LogP contribution in [-0.4, -0.2) is 6.61 Å². The van der Waals surface area contributed by atoms with Crippen LogP contribution in [-0.2, 0) is 0 Å². The third-order valence-electron chi connectivity index (χ3n) is 3.90. The van der Waals surface area contributed by atoms with E-state index in [9.17, 15) is 0 Å². The molecule has 0 aliphatic rings. The molecule has 1 aromatic carbocycles. The molecule has 0 heterocycles. The zero-order valence-electron chi connectivity index (χ0n) is 14.5. The molecule has 1 rings (SSSR count). The zero-order chi connectivity index (χ0) is 15.8. The molecule has 1 nitrogen and oxygen atoms in total. The van der Waals surface area contributed by atoms with Crippen molar-refractivity contribution in [2.75, 3.05) is 6.61 Å². The molecule has 0 aliphatic carbocycles. The summed E-state index contributed by atoms with van der Waals surface area (Å²) < 4.78 is 5.88. The molecule has 0 fully saturated rings. The average Bonchev–Trinajstić information content (AvgIpc) is 2.49. The van der Waals surface area contributed by atoms with Crippen molar-refractivity contribution < 1.29 is 4.74 Å². The van der Waals surface area contributed by atoms with E-state index in [0.29, 0.717) is 17.8 Å². The van der Waals surface area contributed by atoms with Crippen LogP contribution in [0.25, 0.3) is 0 Å². The summed E-state index contributed by atoms with van der Waals surface area (Å²) in [5.41, 5.74) is 2.67. The fourth-order valence-corrected chi connectivity index (χ4v) is 2.32. The van der Waals surface area contributed by atoms with E-state index in [1.165, 1.54) is 11.1 Å². The third kappa shape index (κ3) is 5.12. The lowest BCUT2D eigenvalue weighted by molar-refractivity contribution is 0.313. The lowest BCUT2D eigenvalue weighted by atomic mass is 9.87. The van der Waals surface area contributed by atoms with Crippen molar-refractivity contribution in [1.82, 2.24) is 0 Å². The first kappa shape index (κ1) is 17.6. The van der Waals surface area contributed by atoms with Crippen LogP contribution in [0.1, 0.15) is 77.3 Å². The Morgan fingerprint density at radius 1 is 1.10 bits per heavy atom. The molecule has 1 aromatic rings. The quantitative estimate of drug-likeness (QED) is 0.605. The van der Waals surface area contributed by atoms with Gasteiger partial charge in [0.1, 0.15) is 5.75 Å². The van der Waals surface area contributed by atoms with Crippen molar-refractivity contribution in [2.45, 2.75) is 66.2 Å². The molecule has 0 radical (unpaired) electrons. The fraction of sp³-hybridized carbons (Fsp3) is 0.600. The van der Waals surface area contributed by atoms with Gasteiger partial charge < -0.3 is 4.74 Å². The van der Waals surface area contributed by atoms with E-state index < -0.39 is 0 Å². The standard InChI is InChI=1S/C20H30O/c1-7-9-10-16(5)17(6)18-11-12-20(21-13-8-2)19(14-18)15(3)4/h11-12,14-17H,7-8,13H2,1-6H3. The van der Waals surface area contributed by atoms with Gasteiger partial charge in [-0.1, -0.05) is 59.6 Å². The molecular weight excluding hydrogens is 256 g/mol. The monoisotopic (exact) mass is 286 g/mol. The average molecular weight is 286 g/mol. The molecule has 0 N–H and O–H groups in total. The van der Waals surface area contributed by atoms with E-state index in [-0.39, 0.29) is 0 Å². The predicted octanol–water partition coefficient (Wildman–Crippen LogP) is 5.75. The SMILES string of the molecule is CCC#CC(C)C(C)c1ccc(OCCC)c(C(C)C)c1. The molecule has 0 amide bonds. The summed E-state index contributed by atoms with van der Waals surface area (Å²) in [6, 6.07) is 6.65. The molecule has 0 aliphatic heterocycles. The van der Waals surface area contributed by atoms with Gasteiger partial charge in [0, 0.05) is 12.3 Å². The minimum atomic E-state index is 0.382. The fourth-order valence-electron chi connectivity index (χ4n) is 2.32. The zero-order valence-corrected chi connectivity index (χ0v) is 14.5. The molecule has 21 heavy (non-hydrogen) atoms. The summed E-state index contributed by atoms with van der Waals surface area (Å²) >= 11 is 0. The van der Waals surface area contributed by atoms with E-state index in [1.54, 1.807) is 0 Å². The third-order valence-corrected chi connectivity index (χ3v) is 3.90. The van der Waals surface area contributed by atoms with Crippen LogP contribution in [0.5, 0.6) is 5.75 Å². The molecule has 2 atom stereocenters. The first-order valence-corrected chi connectivity index (χ1v) is 8.26. The van der Waals surface area contributed by atoms with Crippen molar-refractivity contribution >= 4 is 0 Å². The Morgan fingerprint density at radius 2 is 1.81 bits per heavy atom. The second-order valence-corrected chi connectivity index (χ2v) is 6.05. The van der Waals surface area contributed by atoms with Crippen LogP contribution >= 0.6 is 0 Å². The summed E-state index contributed by atoms with van der Waals surface area (Å²) in [6.07, 6.45) is 1.97. The lowest BCUT2D eigenvalue weighted by Crippen LogP contribution is -2.07. The van der Waals surface area contributed by atoms with Gasteiger partial charge in [-0.2, -0.15) is 0 Å². The summed E-state index contributed by atoms with van der Waals surface area (Å²) in [7, 11) is 0. The van der Waals surface area contributed by atoms with Gasteiger partial charge >= 0.3 is 0 Å². The Kier molecular flexibility index (Phi) is 7.37. The maximum Gasteiger partial charge on any atom is 0.122 e. The number of hydrogen-bond donors (Lipinski definition) is 0. The first-order valence-electron chi connectivity index (χ1n) is 8.26. The molecular formula is C20H30O. The molecule has 0 spiro atoms. The summed E-state index contributed by atoms with van der Waals surface area (Å²) in [5, 5.41) is 0. The topological polar surface area (TPSA) is 9.23 Å². The molecule has 2 unspecified atom stereocenters. The molecule has 0 saturated heterocycles. The first-order chi connectivity index (χ1) is 10.0. The van der Waals surface area contributed by atoms with Crippen molar-refractivity contribution in [3.63, 3.8) is 0 Å². The largest absolute Gasteiger partial charge is 0.493 e. The van der Waals surface area contributed by atoms with Gasteiger partial charge in [-0.15, -0.1) is 5.92 Å². The Labute approximate surface area is 131 Å².